The van der Waals surface area contributed by atoms with Gasteiger partial charge in [-0.2, -0.15) is 0 Å². The molecule has 1 N–H and O–H groups in total. The van der Waals surface area contributed by atoms with Gasteiger partial charge in [-0.05, 0) is 12.0 Å². The molecule has 82 valence electrons. The van der Waals surface area contributed by atoms with Crippen molar-refractivity contribution in [3.63, 3.8) is 0 Å². The molecule has 3 heteroatoms. The topological polar surface area (TPSA) is 29.1 Å². The smallest absolute Gasteiger partial charge is 0.153 e. The number of benzene rings is 1. The maximum atomic E-state index is 11.8. The van der Waals surface area contributed by atoms with Crippen LogP contribution in [0, 0.1) is 5.92 Å². The van der Waals surface area contributed by atoms with Crippen molar-refractivity contribution in [2.24, 2.45) is 5.92 Å². The average molecular weight is 317 g/mol. The average Bonchev–Trinajstić information content (AvgIpc) is 2.26. The Morgan fingerprint density at radius 1 is 1.33 bits per heavy atom. The Morgan fingerprint density at radius 3 is 2.40 bits per heavy atom. The number of hydrogen-bond donors (Lipinski definition) is 1. The number of carbonyl (C=O) groups is 1. The second kappa shape index (κ2) is 6.23. The lowest BCUT2D eigenvalue weighted by atomic mass is 9.97. The molecule has 0 aliphatic carbocycles. The van der Waals surface area contributed by atoms with Crippen LogP contribution in [0.2, 0.25) is 0 Å². The molecule has 1 aromatic carbocycles. The lowest BCUT2D eigenvalue weighted by molar-refractivity contribution is -0.123. The zero-order valence-electron chi connectivity index (χ0n) is 9.03. The molecule has 0 bridgehead atoms. The predicted octanol–water partition coefficient (Wildman–Crippen LogP) is 2.76. The molecule has 1 atom stereocenters. The first-order valence-electron chi connectivity index (χ1n) is 5.09. The van der Waals surface area contributed by atoms with E-state index in [0.717, 1.165) is 6.42 Å². The summed E-state index contributed by atoms with van der Waals surface area (Å²) >= 11 is 2.05. The van der Waals surface area contributed by atoms with Crippen LogP contribution in [0.25, 0.3) is 0 Å². The molecule has 0 amide bonds. The fourth-order valence-electron chi connectivity index (χ4n) is 1.45. The SMILES string of the molecule is CC(C)C(=O)[C@H](Cc1ccccc1)NI. The molecular formula is C12H16INO. The van der Waals surface area contributed by atoms with Crippen LogP contribution in [0.5, 0.6) is 0 Å². The molecule has 0 aromatic heterocycles. The summed E-state index contributed by atoms with van der Waals surface area (Å²) < 4.78 is 3.05. The molecular weight excluding hydrogens is 301 g/mol. The Labute approximate surface area is 105 Å². The van der Waals surface area contributed by atoms with Crippen LogP contribution in [0.4, 0.5) is 0 Å². The van der Waals surface area contributed by atoms with E-state index in [1.807, 2.05) is 32.0 Å². The van der Waals surface area contributed by atoms with Gasteiger partial charge < -0.3 is 0 Å². The van der Waals surface area contributed by atoms with Crippen molar-refractivity contribution in [2.45, 2.75) is 26.3 Å². The highest BCUT2D eigenvalue weighted by Crippen LogP contribution is 2.09. The highest BCUT2D eigenvalue weighted by Gasteiger charge is 2.19. The van der Waals surface area contributed by atoms with Gasteiger partial charge >= 0.3 is 0 Å². The molecule has 0 spiro atoms. The van der Waals surface area contributed by atoms with Gasteiger partial charge in [0.1, 0.15) is 0 Å². The first-order chi connectivity index (χ1) is 7.15. The van der Waals surface area contributed by atoms with Crippen LogP contribution in [-0.2, 0) is 11.2 Å². The Balaban J connectivity index is 2.66. The second-order valence-corrected chi connectivity index (χ2v) is 4.53. The number of halogens is 1. The number of rotatable bonds is 5. The largest absolute Gasteiger partial charge is 0.298 e. The van der Waals surface area contributed by atoms with Gasteiger partial charge in [0.2, 0.25) is 0 Å². The molecule has 0 aliphatic rings. The van der Waals surface area contributed by atoms with Crippen molar-refractivity contribution in [2.75, 3.05) is 0 Å². The molecule has 0 radical (unpaired) electrons. The molecule has 0 fully saturated rings. The van der Waals surface area contributed by atoms with E-state index in [1.165, 1.54) is 5.56 Å². The van der Waals surface area contributed by atoms with Gasteiger partial charge in [-0.25, -0.2) is 0 Å². The summed E-state index contributed by atoms with van der Waals surface area (Å²) in [7, 11) is 0. The molecule has 0 saturated carbocycles. The molecule has 1 aromatic rings. The Morgan fingerprint density at radius 2 is 1.93 bits per heavy atom. The molecule has 0 heterocycles. The lowest BCUT2D eigenvalue weighted by Crippen LogP contribution is -2.35. The number of Topliss-reactive ketones (excluding diaryl/α,β-unsaturated/α-hetero) is 1. The summed E-state index contributed by atoms with van der Waals surface area (Å²) in [5.74, 6) is 0.356. The van der Waals surface area contributed by atoms with Crippen LogP contribution in [-0.4, -0.2) is 11.8 Å². The zero-order chi connectivity index (χ0) is 11.3. The van der Waals surface area contributed by atoms with Crippen molar-refractivity contribution in [1.29, 1.82) is 0 Å². The van der Waals surface area contributed by atoms with E-state index in [0.29, 0.717) is 0 Å². The summed E-state index contributed by atoms with van der Waals surface area (Å²) in [4.78, 5) is 11.8. The van der Waals surface area contributed by atoms with Gasteiger partial charge in [0, 0.05) is 28.8 Å². The van der Waals surface area contributed by atoms with Crippen molar-refractivity contribution in [3.8, 4) is 0 Å². The lowest BCUT2D eigenvalue weighted by Gasteiger charge is -2.16. The summed E-state index contributed by atoms with van der Waals surface area (Å²) in [5, 5.41) is 0. The van der Waals surface area contributed by atoms with Gasteiger partial charge in [-0.3, -0.25) is 8.32 Å². The van der Waals surface area contributed by atoms with Crippen molar-refractivity contribution >= 4 is 28.6 Å². The van der Waals surface area contributed by atoms with E-state index >= 15 is 0 Å². The minimum absolute atomic E-state index is 0.0759. The van der Waals surface area contributed by atoms with E-state index in [4.69, 9.17) is 0 Å². The van der Waals surface area contributed by atoms with E-state index in [1.54, 1.807) is 0 Å². The fraction of sp³-hybridized carbons (Fsp3) is 0.417. The summed E-state index contributed by atoms with van der Waals surface area (Å²) in [6.07, 6.45) is 0.765. The standard InChI is InChI=1S/C12H16INO/c1-9(2)12(15)11(14-13)8-10-6-4-3-5-7-10/h3-7,9,11,14H,8H2,1-2H3/t11-/m0/s1. The molecule has 15 heavy (non-hydrogen) atoms. The van der Waals surface area contributed by atoms with Gasteiger partial charge in [-0.1, -0.05) is 44.2 Å². The summed E-state index contributed by atoms with van der Waals surface area (Å²) in [6.45, 7) is 3.88. The number of carbonyl (C=O) groups excluding carboxylic acids is 1. The maximum absolute atomic E-state index is 11.8. The quantitative estimate of drug-likeness (QED) is 0.668. The number of hydrogen-bond acceptors (Lipinski definition) is 2. The van der Waals surface area contributed by atoms with Crippen LogP contribution < -0.4 is 3.53 Å². The zero-order valence-corrected chi connectivity index (χ0v) is 11.2. The molecule has 0 unspecified atom stereocenters. The van der Waals surface area contributed by atoms with E-state index in [2.05, 4.69) is 38.5 Å². The Hall–Kier alpha value is -0.420. The fourth-order valence-corrected chi connectivity index (χ4v) is 1.97. The highest BCUT2D eigenvalue weighted by atomic mass is 127. The predicted molar refractivity (Wildman–Crippen MR) is 70.9 cm³/mol. The van der Waals surface area contributed by atoms with E-state index < -0.39 is 0 Å². The molecule has 1 rings (SSSR count). The third kappa shape index (κ3) is 3.91. The van der Waals surface area contributed by atoms with Crippen molar-refractivity contribution < 1.29 is 4.79 Å². The Bertz CT molecular complexity index is 311. The number of nitrogens with one attached hydrogen (secondary N) is 1. The number of ketones is 1. The van der Waals surface area contributed by atoms with Crippen molar-refractivity contribution in [3.05, 3.63) is 35.9 Å². The van der Waals surface area contributed by atoms with Crippen LogP contribution in [0.15, 0.2) is 30.3 Å². The van der Waals surface area contributed by atoms with Crippen molar-refractivity contribution in [1.82, 2.24) is 3.53 Å². The van der Waals surface area contributed by atoms with Crippen LogP contribution in [0.1, 0.15) is 19.4 Å². The third-order valence-corrected chi connectivity index (χ3v) is 3.08. The highest BCUT2D eigenvalue weighted by molar-refractivity contribution is 14.1. The first kappa shape index (κ1) is 12.6. The van der Waals surface area contributed by atoms with Crippen LogP contribution >= 0.6 is 22.9 Å². The van der Waals surface area contributed by atoms with Gasteiger partial charge in [0.15, 0.2) is 5.78 Å². The normalized spacial score (nSPS) is 12.8. The maximum Gasteiger partial charge on any atom is 0.153 e. The summed E-state index contributed by atoms with van der Waals surface area (Å²) in [5.41, 5.74) is 1.20. The molecule has 2 nitrogen and oxygen atoms in total. The Kier molecular flexibility index (Phi) is 5.25. The van der Waals surface area contributed by atoms with E-state index in [-0.39, 0.29) is 17.7 Å². The summed E-state index contributed by atoms with van der Waals surface area (Å²) in [6, 6.07) is 10.0. The van der Waals surface area contributed by atoms with Gasteiger partial charge in [-0.15, -0.1) is 0 Å². The van der Waals surface area contributed by atoms with Gasteiger partial charge in [0.25, 0.3) is 0 Å². The van der Waals surface area contributed by atoms with Crippen LogP contribution in [0.3, 0.4) is 0 Å². The monoisotopic (exact) mass is 317 g/mol. The first-order valence-corrected chi connectivity index (χ1v) is 6.17. The third-order valence-electron chi connectivity index (χ3n) is 2.33. The van der Waals surface area contributed by atoms with Gasteiger partial charge in [0.05, 0.1) is 6.04 Å². The van der Waals surface area contributed by atoms with E-state index in [9.17, 15) is 4.79 Å². The second-order valence-electron chi connectivity index (χ2n) is 3.91. The molecule has 0 saturated heterocycles. The minimum Gasteiger partial charge on any atom is -0.298 e. The molecule has 0 aliphatic heterocycles. The minimum atomic E-state index is -0.0759.